The summed E-state index contributed by atoms with van der Waals surface area (Å²) in [5.74, 6) is 0.152. The van der Waals surface area contributed by atoms with Gasteiger partial charge in [-0.05, 0) is 24.4 Å². The van der Waals surface area contributed by atoms with Crippen molar-refractivity contribution < 1.29 is 0 Å². The quantitative estimate of drug-likeness (QED) is 0.527. The van der Waals surface area contributed by atoms with Crippen LogP contribution in [0.3, 0.4) is 0 Å². The molecule has 0 fully saturated rings. The Bertz CT molecular complexity index is 471. The predicted octanol–water partition coefficient (Wildman–Crippen LogP) is 2.49. The Balaban J connectivity index is 2.68. The maximum atomic E-state index is 7.31. The third-order valence-corrected chi connectivity index (χ3v) is 3.09. The summed E-state index contributed by atoms with van der Waals surface area (Å²) in [7, 11) is 0. The number of nitrogen functional groups attached to an aromatic ring is 1. The van der Waals surface area contributed by atoms with Gasteiger partial charge in [-0.15, -0.1) is 11.3 Å². The maximum absolute atomic E-state index is 7.31. The Morgan fingerprint density at radius 1 is 1.38 bits per heavy atom. The van der Waals surface area contributed by atoms with Gasteiger partial charge in [-0.3, -0.25) is 5.41 Å². The predicted molar refractivity (Wildman–Crippen MR) is 57.6 cm³/mol. The zero-order chi connectivity index (χ0) is 9.42. The van der Waals surface area contributed by atoms with E-state index in [-0.39, 0.29) is 5.84 Å². The molecule has 0 amide bonds. The lowest BCUT2D eigenvalue weighted by molar-refractivity contribution is 1.45. The topological polar surface area (TPSA) is 49.9 Å². The highest BCUT2D eigenvalue weighted by molar-refractivity contribution is 7.20. The van der Waals surface area contributed by atoms with Crippen LogP contribution in [0.25, 0.3) is 10.1 Å². The second-order valence-corrected chi connectivity index (χ2v) is 4.15. The lowest BCUT2D eigenvalue weighted by Gasteiger charge is -1.89. The molecule has 3 N–H and O–H groups in total. The van der Waals surface area contributed by atoms with Crippen molar-refractivity contribution >= 4 is 27.3 Å². The highest BCUT2D eigenvalue weighted by Gasteiger charge is 2.03. The van der Waals surface area contributed by atoms with Crippen LogP contribution in [-0.4, -0.2) is 5.84 Å². The second kappa shape index (κ2) is 2.85. The number of aryl methyl sites for hydroxylation is 1. The first-order valence-electron chi connectivity index (χ1n) is 4.01. The molecule has 1 aromatic carbocycles. The van der Waals surface area contributed by atoms with Gasteiger partial charge in [-0.1, -0.05) is 17.7 Å². The van der Waals surface area contributed by atoms with E-state index in [1.165, 1.54) is 15.6 Å². The Hall–Kier alpha value is -1.35. The van der Waals surface area contributed by atoms with Gasteiger partial charge in [-0.25, -0.2) is 0 Å². The van der Waals surface area contributed by atoms with Crippen molar-refractivity contribution in [2.45, 2.75) is 6.92 Å². The van der Waals surface area contributed by atoms with Gasteiger partial charge in [0.25, 0.3) is 0 Å². The highest BCUT2D eigenvalue weighted by Crippen LogP contribution is 2.25. The van der Waals surface area contributed by atoms with Gasteiger partial charge in [0.15, 0.2) is 0 Å². The molecule has 2 nitrogen and oxygen atoms in total. The van der Waals surface area contributed by atoms with Gasteiger partial charge in [0.2, 0.25) is 0 Å². The number of thiophene rings is 1. The molecule has 3 heteroatoms. The molecule has 0 saturated carbocycles. The molecule has 0 radical (unpaired) electrons. The fourth-order valence-corrected chi connectivity index (χ4v) is 2.20. The molecule has 1 heterocycles. The fraction of sp³-hybridized carbons (Fsp3) is 0.100. The molecular formula is C10H10N2S. The summed E-state index contributed by atoms with van der Waals surface area (Å²) in [4.78, 5) is 0.848. The molecule has 1 aromatic heterocycles. The molecule has 13 heavy (non-hydrogen) atoms. The highest BCUT2D eigenvalue weighted by atomic mass is 32.1. The number of nitrogens with two attached hydrogens (primary N) is 1. The number of nitrogens with one attached hydrogen (secondary N) is 1. The van der Waals surface area contributed by atoms with Gasteiger partial charge in [0.1, 0.15) is 5.84 Å². The van der Waals surface area contributed by atoms with Crippen molar-refractivity contribution in [3.63, 3.8) is 0 Å². The van der Waals surface area contributed by atoms with Crippen molar-refractivity contribution in [2.75, 3.05) is 0 Å². The average molecular weight is 190 g/mol. The number of benzene rings is 1. The molecule has 0 bridgehead atoms. The SMILES string of the molecule is Cc1ccc2sc(C(=N)N)cc2c1. The zero-order valence-corrected chi connectivity index (χ0v) is 8.11. The average Bonchev–Trinajstić information content (AvgIpc) is 2.46. The van der Waals surface area contributed by atoms with Crippen LogP contribution >= 0.6 is 11.3 Å². The zero-order valence-electron chi connectivity index (χ0n) is 7.29. The monoisotopic (exact) mass is 190 g/mol. The normalized spacial score (nSPS) is 10.5. The summed E-state index contributed by atoms with van der Waals surface area (Å²) >= 11 is 1.56. The van der Waals surface area contributed by atoms with Crippen LogP contribution in [0.4, 0.5) is 0 Å². The molecule has 0 saturated heterocycles. The van der Waals surface area contributed by atoms with Gasteiger partial charge in [0, 0.05) is 4.70 Å². The molecule has 2 aromatic rings. The number of hydrogen-bond acceptors (Lipinski definition) is 2. The van der Waals surface area contributed by atoms with E-state index >= 15 is 0 Å². The molecule has 0 unspecified atom stereocenters. The number of rotatable bonds is 1. The van der Waals surface area contributed by atoms with Crippen LogP contribution in [0.5, 0.6) is 0 Å². The van der Waals surface area contributed by atoms with Crippen molar-refractivity contribution in [3.8, 4) is 0 Å². The van der Waals surface area contributed by atoms with E-state index in [0.717, 1.165) is 4.88 Å². The maximum Gasteiger partial charge on any atom is 0.133 e. The molecule has 66 valence electrons. The largest absolute Gasteiger partial charge is 0.383 e. The number of fused-ring (bicyclic) bond motifs is 1. The molecule has 0 aliphatic rings. The first kappa shape index (κ1) is 8.26. The Kier molecular flexibility index (Phi) is 1.81. The second-order valence-electron chi connectivity index (χ2n) is 3.07. The summed E-state index contributed by atoms with van der Waals surface area (Å²) in [6.07, 6.45) is 0. The van der Waals surface area contributed by atoms with Crippen LogP contribution in [0.1, 0.15) is 10.4 Å². The van der Waals surface area contributed by atoms with Crippen molar-refractivity contribution in [2.24, 2.45) is 5.73 Å². The summed E-state index contributed by atoms with van der Waals surface area (Å²) in [5.41, 5.74) is 6.65. The van der Waals surface area contributed by atoms with Crippen molar-refractivity contribution in [1.29, 1.82) is 5.41 Å². The Labute approximate surface area is 80.5 Å². The summed E-state index contributed by atoms with van der Waals surface area (Å²) in [6, 6.07) is 8.22. The van der Waals surface area contributed by atoms with E-state index in [0.29, 0.717) is 0 Å². The third-order valence-electron chi connectivity index (χ3n) is 1.94. The van der Waals surface area contributed by atoms with Crippen LogP contribution in [0.15, 0.2) is 24.3 Å². The van der Waals surface area contributed by atoms with Crippen LogP contribution in [-0.2, 0) is 0 Å². The van der Waals surface area contributed by atoms with E-state index in [4.69, 9.17) is 11.1 Å². The molecule has 0 aliphatic heterocycles. The lowest BCUT2D eigenvalue weighted by Crippen LogP contribution is -2.08. The lowest BCUT2D eigenvalue weighted by atomic mass is 10.2. The number of hydrogen-bond donors (Lipinski definition) is 2. The van der Waals surface area contributed by atoms with Crippen molar-refractivity contribution in [3.05, 3.63) is 34.7 Å². The van der Waals surface area contributed by atoms with E-state index in [9.17, 15) is 0 Å². The van der Waals surface area contributed by atoms with Crippen LogP contribution in [0, 0.1) is 12.3 Å². The third kappa shape index (κ3) is 1.42. The van der Waals surface area contributed by atoms with Crippen LogP contribution < -0.4 is 5.73 Å². The first-order chi connectivity index (χ1) is 6.16. The first-order valence-corrected chi connectivity index (χ1v) is 4.83. The molecular weight excluding hydrogens is 180 g/mol. The number of amidine groups is 1. The van der Waals surface area contributed by atoms with Gasteiger partial charge >= 0.3 is 0 Å². The van der Waals surface area contributed by atoms with E-state index < -0.39 is 0 Å². The van der Waals surface area contributed by atoms with E-state index in [1.807, 2.05) is 6.07 Å². The van der Waals surface area contributed by atoms with Gasteiger partial charge in [-0.2, -0.15) is 0 Å². The van der Waals surface area contributed by atoms with Crippen molar-refractivity contribution in [1.82, 2.24) is 0 Å². The summed E-state index contributed by atoms with van der Waals surface area (Å²) < 4.78 is 1.19. The van der Waals surface area contributed by atoms with Gasteiger partial charge in [0.05, 0.1) is 4.88 Å². The Morgan fingerprint density at radius 3 is 2.85 bits per heavy atom. The summed E-state index contributed by atoms with van der Waals surface area (Å²) in [6.45, 7) is 2.06. The smallest absolute Gasteiger partial charge is 0.133 e. The standard InChI is InChI=1S/C10H10N2S/c1-6-2-3-8-7(4-6)5-9(13-8)10(11)12/h2-5H,1H3,(H3,11,12). The van der Waals surface area contributed by atoms with Crippen LogP contribution in [0.2, 0.25) is 0 Å². The molecule has 0 aliphatic carbocycles. The molecule has 0 spiro atoms. The van der Waals surface area contributed by atoms with E-state index in [1.54, 1.807) is 11.3 Å². The summed E-state index contributed by atoms with van der Waals surface area (Å²) in [5, 5.41) is 8.49. The van der Waals surface area contributed by atoms with E-state index in [2.05, 4.69) is 25.1 Å². The minimum absolute atomic E-state index is 0.152. The minimum Gasteiger partial charge on any atom is -0.383 e. The molecule has 0 atom stereocenters. The van der Waals surface area contributed by atoms with Gasteiger partial charge < -0.3 is 5.73 Å². The minimum atomic E-state index is 0.152. The Morgan fingerprint density at radius 2 is 2.15 bits per heavy atom. The fourth-order valence-electron chi connectivity index (χ4n) is 1.30. The molecule has 2 rings (SSSR count).